The summed E-state index contributed by atoms with van der Waals surface area (Å²) in [4.78, 5) is 24.3. The highest BCUT2D eigenvalue weighted by Gasteiger charge is 2.48. The van der Waals surface area contributed by atoms with Gasteiger partial charge in [0, 0.05) is 18.5 Å². The Labute approximate surface area is 159 Å². The number of aryl methyl sites for hydroxylation is 2. The van der Waals surface area contributed by atoms with Crippen molar-refractivity contribution in [3.8, 4) is 5.75 Å². The van der Waals surface area contributed by atoms with Crippen LogP contribution < -0.4 is 10.1 Å². The highest BCUT2D eigenvalue weighted by atomic mass is 16.5. The van der Waals surface area contributed by atoms with E-state index < -0.39 is 11.6 Å². The van der Waals surface area contributed by atoms with Crippen molar-refractivity contribution in [2.24, 2.45) is 5.92 Å². The van der Waals surface area contributed by atoms with Gasteiger partial charge in [-0.2, -0.15) is 0 Å². The van der Waals surface area contributed by atoms with Crippen molar-refractivity contribution >= 4 is 17.6 Å². The third kappa shape index (κ3) is 4.67. The Balaban J connectivity index is 1.63. The highest BCUT2D eigenvalue weighted by Crippen LogP contribution is 2.40. The molecule has 2 atom stereocenters. The maximum atomic E-state index is 12.4. The van der Waals surface area contributed by atoms with Crippen LogP contribution in [0.3, 0.4) is 0 Å². The molecule has 1 aliphatic carbocycles. The summed E-state index contributed by atoms with van der Waals surface area (Å²) in [5.41, 5.74) is 1.70. The molecule has 1 fully saturated rings. The molecule has 1 saturated carbocycles. The molecule has 5 heteroatoms. The number of anilines is 1. The van der Waals surface area contributed by atoms with Crippen LogP contribution in [0.15, 0.2) is 48.5 Å². The number of rotatable bonds is 6. The standard InChI is InChI=1S/C22H25NO4/c1-15-10-16(2)12-18(11-15)23-20(24)13-17-8-9-22(14-17,21(25)26)27-19-6-4-3-5-7-19/h3-7,10-12,17H,8-9,13-14H2,1-2H3,(H,23,24)(H,25,26). The molecule has 0 spiro atoms. The first-order chi connectivity index (χ1) is 12.9. The van der Waals surface area contributed by atoms with Gasteiger partial charge >= 0.3 is 5.97 Å². The van der Waals surface area contributed by atoms with Crippen molar-refractivity contribution in [1.29, 1.82) is 0 Å². The van der Waals surface area contributed by atoms with Crippen molar-refractivity contribution in [1.82, 2.24) is 0 Å². The van der Waals surface area contributed by atoms with Gasteiger partial charge in [-0.1, -0.05) is 24.3 Å². The molecule has 0 saturated heterocycles. The van der Waals surface area contributed by atoms with E-state index in [0.29, 0.717) is 31.4 Å². The summed E-state index contributed by atoms with van der Waals surface area (Å²) in [5, 5.41) is 12.7. The molecule has 1 aliphatic rings. The van der Waals surface area contributed by atoms with Crippen molar-refractivity contribution in [2.45, 2.75) is 45.1 Å². The zero-order chi connectivity index (χ0) is 19.4. The zero-order valence-electron chi connectivity index (χ0n) is 15.7. The molecule has 0 radical (unpaired) electrons. The minimum Gasteiger partial charge on any atom is -0.478 e. The van der Waals surface area contributed by atoms with Gasteiger partial charge in [-0.15, -0.1) is 0 Å². The Bertz CT molecular complexity index is 813. The third-order valence-corrected chi connectivity index (χ3v) is 5.00. The lowest BCUT2D eigenvalue weighted by atomic mass is 9.97. The molecule has 5 nitrogen and oxygen atoms in total. The lowest BCUT2D eigenvalue weighted by Gasteiger charge is -2.26. The lowest BCUT2D eigenvalue weighted by Crippen LogP contribution is -2.42. The van der Waals surface area contributed by atoms with E-state index in [1.165, 1.54) is 0 Å². The van der Waals surface area contributed by atoms with E-state index in [9.17, 15) is 14.7 Å². The summed E-state index contributed by atoms with van der Waals surface area (Å²) < 4.78 is 5.85. The quantitative estimate of drug-likeness (QED) is 0.797. The van der Waals surface area contributed by atoms with Gasteiger partial charge in [0.2, 0.25) is 11.5 Å². The molecule has 2 aromatic carbocycles. The van der Waals surface area contributed by atoms with Crippen molar-refractivity contribution in [2.75, 3.05) is 5.32 Å². The van der Waals surface area contributed by atoms with Gasteiger partial charge in [-0.05, 0) is 68.0 Å². The van der Waals surface area contributed by atoms with Crippen LogP contribution in [-0.2, 0) is 9.59 Å². The van der Waals surface area contributed by atoms with E-state index in [-0.39, 0.29) is 11.8 Å². The number of carbonyl (C=O) groups is 2. The average molecular weight is 367 g/mol. The number of para-hydroxylation sites is 1. The van der Waals surface area contributed by atoms with Crippen LogP contribution in [0.1, 0.15) is 36.8 Å². The van der Waals surface area contributed by atoms with Crippen LogP contribution in [0.25, 0.3) is 0 Å². The van der Waals surface area contributed by atoms with Gasteiger partial charge in [-0.25, -0.2) is 4.79 Å². The van der Waals surface area contributed by atoms with Crippen LogP contribution in [0.5, 0.6) is 5.75 Å². The SMILES string of the molecule is Cc1cc(C)cc(NC(=O)CC2CCC(Oc3ccccc3)(C(=O)O)C2)c1. The molecule has 0 aromatic heterocycles. The number of carbonyl (C=O) groups excluding carboxylic acids is 1. The van der Waals surface area contributed by atoms with E-state index in [2.05, 4.69) is 11.4 Å². The maximum absolute atomic E-state index is 12.4. The number of hydrogen-bond acceptors (Lipinski definition) is 3. The van der Waals surface area contributed by atoms with Crippen molar-refractivity contribution < 1.29 is 19.4 Å². The number of aliphatic carboxylic acids is 1. The van der Waals surface area contributed by atoms with Crippen molar-refractivity contribution in [3.63, 3.8) is 0 Å². The number of amides is 1. The second kappa shape index (κ2) is 7.82. The molecule has 0 heterocycles. The van der Waals surface area contributed by atoms with Gasteiger partial charge in [0.1, 0.15) is 5.75 Å². The summed E-state index contributed by atoms with van der Waals surface area (Å²) in [5.74, 6) is -0.537. The fraction of sp³-hybridized carbons (Fsp3) is 0.364. The Morgan fingerprint density at radius 3 is 2.44 bits per heavy atom. The molecule has 3 rings (SSSR count). The van der Waals surface area contributed by atoms with E-state index in [4.69, 9.17) is 4.74 Å². The molecule has 27 heavy (non-hydrogen) atoms. The third-order valence-electron chi connectivity index (χ3n) is 5.00. The van der Waals surface area contributed by atoms with Gasteiger partial charge in [-0.3, -0.25) is 4.79 Å². The maximum Gasteiger partial charge on any atom is 0.348 e. The smallest absolute Gasteiger partial charge is 0.348 e. The Kier molecular flexibility index (Phi) is 5.49. The first-order valence-corrected chi connectivity index (χ1v) is 9.22. The van der Waals surface area contributed by atoms with Crippen LogP contribution in [0.2, 0.25) is 0 Å². The van der Waals surface area contributed by atoms with E-state index >= 15 is 0 Å². The van der Waals surface area contributed by atoms with Gasteiger partial charge in [0.25, 0.3) is 0 Å². The van der Waals surface area contributed by atoms with Crippen LogP contribution in [0, 0.1) is 19.8 Å². The first kappa shape index (κ1) is 19.0. The van der Waals surface area contributed by atoms with E-state index in [0.717, 1.165) is 16.8 Å². The van der Waals surface area contributed by atoms with Crippen molar-refractivity contribution in [3.05, 3.63) is 59.7 Å². The monoisotopic (exact) mass is 367 g/mol. The summed E-state index contributed by atoms with van der Waals surface area (Å²) in [6.45, 7) is 3.98. The summed E-state index contributed by atoms with van der Waals surface area (Å²) in [6.07, 6.45) is 1.68. The Morgan fingerprint density at radius 1 is 1.15 bits per heavy atom. The fourth-order valence-corrected chi connectivity index (χ4v) is 3.85. The largest absolute Gasteiger partial charge is 0.478 e. The summed E-state index contributed by atoms with van der Waals surface area (Å²) in [6, 6.07) is 14.9. The number of nitrogens with one attached hydrogen (secondary N) is 1. The minimum atomic E-state index is -1.26. The zero-order valence-corrected chi connectivity index (χ0v) is 15.7. The molecular weight excluding hydrogens is 342 g/mol. The van der Waals surface area contributed by atoms with Gasteiger partial charge < -0.3 is 15.2 Å². The normalized spacial score (nSPS) is 21.6. The molecule has 2 unspecified atom stereocenters. The fourth-order valence-electron chi connectivity index (χ4n) is 3.85. The van der Waals surface area contributed by atoms with Crippen LogP contribution >= 0.6 is 0 Å². The number of benzene rings is 2. The van der Waals surface area contributed by atoms with Crippen LogP contribution in [-0.4, -0.2) is 22.6 Å². The second-order valence-corrected chi connectivity index (χ2v) is 7.45. The first-order valence-electron chi connectivity index (χ1n) is 9.22. The molecule has 0 bridgehead atoms. The van der Waals surface area contributed by atoms with E-state index in [1.807, 2.05) is 44.2 Å². The predicted octanol–water partition coefficient (Wildman–Crippen LogP) is 4.33. The molecular formula is C22H25NO4. The Hall–Kier alpha value is -2.82. The minimum absolute atomic E-state index is 0.0179. The van der Waals surface area contributed by atoms with Crippen LogP contribution in [0.4, 0.5) is 5.69 Å². The number of carboxylic acids is 1. The molecule has 0 aliphatic heterocycles. The predicted molar refractivity (Wildman–Crippen MR) is 104 cm³/mol. The molecule has 1 amide bonds. The topological polar surface area (TPSA) is 75.6 Å². The van der Waals surface area contributed by atoms with Gasteiger partial charge in [0.15, 0.2) is 0 Å². The molecule has 2 aromatic rings. The lowest BCUT2D eigenvalue weighted by molar-refractivity contribution is -0.155. The summed E-state index contributed by atoms with van der Waals surface area (Å²) >= 11 is 0. The summed E-state index contributed by atoms with van der Waals surface area (Å²) in [7, 11) is 0. The Morgan fingerprint density at radius 2 is 1.81 bits per heavy atom. The van der Waals surface area contributed by atoms with E-state index in [1.54, 1.807) is 12.1 Å². The average Bonchev–Trinajstić information content (AvgIpc) is 2.98. The number of ether oxygens (including phenoxy) is 1. The molecule has 142 valence electrons. The molecule has 2 N–H and O–H groups in total. The highest BCUT2D eigenvalue weighted by molar-refractivity contribution is 5.91. The number of hydrogen-bond donors (Lipinski definition) is 2. The number of carboxylic acid groups (broad SMARTS) is 1. The second-order valence-electron chi connectivity index (χ2n) is 7.45. The van der Waals surface area contributed by atoms with Gasteiger partial charge in [0.05, 0.1) is 0 Å².